The molecule has 8 atom stereocenters. The van der Waals surface area contributed by atoms with Gasteiger partial charge < -0.3 is 25.0 Å². The molecule has 374 valence electrons. The molecule has 7 unspecified atom stereocenters. The van der Waals surface area contributed by atoms with E-state index in [2.05, 4.69) is 26.2 Å². The molecule has 7 amide bonds. The van der Waals surface area contributed by atoms with Gasteiger partial charge in [-0.25, -0.2) is 12.7 Å². The number of rotatable bonds is 17. The molecule has 0 bridgehead atoms. The lowest BCUT2D eigenvalue weighted by Gasteiger charge is -2.38. The van der Waals surface area contributed by atoms with Gasteiger partial charge in [0.25, 0.3) is 0 Å². The quantitative estimate of drug-likeness (QED) is 0.117. The molecule has 5 saturated heterocycles. The van der Waals surface area contributed by atoms with Crippen molar-refractivity contribution in [3.63, 3.8) is 0 Å². The van der Waals surface area contributed by atoms with Crippen molar-refractivity contribution in [1.29, 1.82) is 0 Å². The van der Waals surface area contributed by atoms with Crippen LogP contribution < -0.4 is 21.3 Å². The summed E-state index contributed by atoms with van der Waals surface area (Å²) >= 11 is 1.67. The highest BCUT2D eigenvalue weighted by Crippen LogP contribution is 2.41. The van der Waals surface area contributed by atoms with Crippen LogP contribution in [0.4, 0.5) is 0 Å². The Kier molecular flexibility index (Phi) is 17.0. The zero-order valence-electron chi connectivity index (χ0n) is 39.0. The standard InChI is InChI=1S/C46H72N8O11S2/c1-67(62,63)53-18-16-32(25-53)40(56)47-36(41(57)50-46-48-37(28-66-46)30-6-3-2-4-7-30)27-64-26-29-8-10-31(11-9-29)43(59)52-21-19-51(20-22-52)17-5-23-65-33-12-13-34-35(24-33)45(61)54(44(34)60)38-14-15-39(55)49-42(38)58/h29-38,46,48H,2-28H2,1H3,(H,47,56)(H,50,57)(H,49,55,58)/t29?,31?,32?,33?,34?,35?,36-,37?,38?,46?/m0/s1. The van der Waals surface area contributed by atoms with E-state index in [0.717, 1.165) is 68.6 Å². The number of piperazine rings is 1. The molecule has 3 saturated carbocycles. The maximum atomic E-state index is 13.7. The van der Waals surface area contributed by atoms with Crippen molar-refractivity contribution in [2.75, 3.05) is 77.6 Å². The number of thioether (sulfide) groups is 1. The van der Waals surface area contributed by atoms with Gasteiger partial charge in [-0.3, -0.25) is 54.0 Å². The zero-order chi connectivity index (χ0) is 47.2. The van der Waals surface area contributed by atoms with E-state index in [1.54, 1.807) is 11.8 Å². The van der Waals surface area contributed by atoms with Crippen LogP contribution in [0.5, 0.6) is 0 Å². The SMILES string of the molecule is CS(=O)(=O)N1CCC(C(=O)N[C@@H](COCC2CCC(C(=O)N3CCN(CCCOC4CCC5C(=O)N(C6CCC(=O)NC6=O)C(=O)C5C4)CC3)CC2)C(=O)NC2NC(C3CCCCC3)CS2)C1. The fourth-order valence-corrected chi connectivity index (χ4v) is 13.9. The lowest BCUT2D eigenvalue weighted by atomic mass is 9.79. The number of nitrogens with zero attached hydrogens (tertiary/aromatic N) is 4. The minimum Gasteiger partial charge on any atom is -0.378 e. The molecule has 5 heterocycles. The highest BCUT2D eigenvalue weighted by molar-refractivity contribution is 8.00. The van der Waals surface area contributed by atoms with Crippen molar-refractivity contribution in [1.82, 2.24) is 40.3 Å². The van der Waals surface area contributed by atoms with Crippen molar-refractivity contribution in [3.8, 4) is 0 Å². The molecule has 8 fully saturated rings. The Bertz CT molecular complexity index is 1940. The molecule has 4 N–H and O–H groups in total. The van der Waals surface area contributed by atoms with E-state index in [1.165, 1.54) is 36.4 Å². The molecule has 5 aliphatic heterocycles. The highest BCUT2D eigenvalue weighted by Gasteiger charge is 2.54. The van der Waals surface area contributed by atoms with Crippen LogP contribution in [0.3, 0.4) is 0 Å². The van der Waals surface area contributed by atoms with Crippen molar-refractivity contribution < 1.29 is 51.5 Å². The number of fused-ring (bicyclic) bond motifs is 1. The number of likely N-dealkylation sites (tertiary alicyclic amines) is 1. The van der Waals surface area contributed by atoms with Gasteiger partial charge in [-0.1, -0.05) is 19.3 Å². The molecule has 0 aromatic carbocycles. The second-order valence-corrected chi connectivity index (χ2v) is 23.5. The summed E-state index contributed by atoms with van der Waals surface area (Å²) in [6.07, 6.45) is 13.5. The van der Waals surface area contributed by atoms with Crippen LogP contribution in [0.15, 0.2) is 0 Å². The first-order valence-electron chi connectivity index (χ1n) is 25.1. The topological polar surface area (TPSA) is 233 Å². The largest absolute Gasteiger partial charge is 0.378 e. The van der Waals surface area contributed by atoms with Gasteiger partial charge in [-0.15, -0.1) is 11.8 Å². The molecule has 0 aromatic heterocycles. The van der Waals surface area contributed by atoms with Gasteiger partial charge in [0.1, 0.15) is 17.6 Å². The Morgan fingerprint density at radius 3 is 2.31 bits per heavy atom. The van der Waals surface area contributed by atoms with Gasteiger partial charge in [0.15, 0.2) is 0 Å². The van der Waals surface area contributed by atoms with E-state index in [0.29, 0.717) is 63.9 Å². The molecular weight excluding hydrogens is 905 g/mol. The van der Waals surface area contributed by atoms with Crippen LogP contribution >= 0.6 is 11.8 Å². The molecule has 3 aliphatic carbocycles. The van der Waals surface area contributed by atoms with E-state index >= 15 is 0 Å². The number of piperidine rings is 1. The van der Waals surface area contributed by atoms with Crippen LogP contribution in [0.2, 0.25) is 0 Å². The van der Waals surface area contributed by atoms with E-state index in [-0.39, 0.29) is 91.4 Å². The Labute approximate surface area is 399 Å². The number of ether oxygens (including phenoxy) is 2. The van der Waals surface area contributed by atoms with Crippen LogP contribution in [-0.4, -0.2) is 176 Å². The summed E-state index contributed by atoms with van der Waals surface area (Å²) in [4.78, 5) is 96.7. The van der Waals surface area contributed by atoms with Gasteiger partial charge in [0.05, 0.1) is 36.7 Å². The Hall–Kier alpha value is -3.21. The Balaban J connectivity index is 0.717. The highest BCUT2D eigenvalue weighted by atomic mass is 32.2. The van der Waals surface area contributed by atoms with Gasteiger partial charge >= 0.3 is 0 Å². The first kappa shape index (κ1) is 50.2. The molecule has 0 aromatic rings. The smallest absolute Gasteiger partial charge is 0.249 e. The van der Waals surface area contributed by atoms with Crippen LogP contribution in [0.25, 0.3) is 0 Å². The molecular formula is C46H72N8O11S2. The van der Waals surface area contributed by atoms with E-state index in [9.17, 15) is 42.0 Å². The molecule has 19 nitrogen and oxygen atoms in total. The summed E-state index contributed by atoms with van der Waals surface area (Å²) in [5, 5.41) is 11.8. The number of sulfonamides is 1. The monoisotopic (exact) mass is 976 g/mol. The third kappa shape index (κ3) is 12.6. The zero-order valence-corrected chi connectivity index (χ0v) is 40.7. The van der Waals surface area contributed by atoms with E-state index < -0.39 is 45.8 Å². The second kappa shape index (κ2) is 22.7. The number of hydrogen-bond donors (Lipinski definition) is 4. The predicted octanol–water partition coefficient (Wildman–Crippen LogP) is 0.771. The molecule has 0 radical (unpaired) electrons. The van der Waals surface area contributed by atoms with Gasteiger partial charge in [0, 0.05) is 83.2 Å². The van der Waals surface area contributed by atoms with Crippen molar-refractivity contribution in [2.45, 2.75) is 132 Å². The fraction of sp³-hybridized carbons (Fsp3) is 0.848. The van der Waals surface area contributed by atoms with Crippen molar-refractivity contribution >= 4 is 63.1 Å². The van der Waals surface area contributed by atoms with Crippen molar-refractivity contribution in [2.24, 2.45) is 35.5 Å². The molecule has 0 spiro atoms. The number of hydrogen-bond acceptors (Lipinski definition) is 14. The van der Waals surface area contributed by atoms with Gasteiger partial charge in [-0.2, -0.15) is 0 Å². The summed E-state index contributed by atoms with van der Waals surface area (Å²) < 4.78 is 37.9. The third-order valence-electron chi connectivity index (χ3n) is 15.8. The average Bonchev–Trinajstić information content (AvgIpc) is 4.07. The lowest BCUT2D eigenvalue weighted by Crippen LogP contribution is -2.55. The summed E-state index contributed by atoms with van der Waals surface area (Å²) in [6, 6.07) is -1.51. The number of imide groups is 2. The van der Waals surface area contributed by atoms with Crippen LogP contribution in [0.1, 0.15) is 103 Å². The van der Waals surface area contributed by atoms with E-state index in [4.69, 9.17) is 9.47 Å². The number of amides is 7. The maximum Gasteiger partial charge on any atom is 0.249 e. The predicted molar refractivity (Wildman–Crippen MR) is 247 cm³/mol. The maximum absolute atomic E-state index is 13.7. The van der Waals surface area contributed by atoms with Gasteiger partial charge in [-0.05, 0) is 88.9 Å². The summed E-state index contributed by atoms with van der Waals surface area (Å²) in [5.74, 6) is -1.83. The fourth-order valence-electron chi connectivity index (χ4n) is 11.8. The molecule has 21 heteroatoms. The number of nitrogens with one attached hydrogen (secondary N) is 4. The molecule has 8 rings (SSSR count). The first-order chi connectivity index (χ1) is 32.2. The Morgan fingerprint density at radius 1 is 0.851 bits per heavy atom. The summed E-state index contributed by atoms with van der Waals surface area (Å²) in [5.41, 5.74) is -0.260. The normalized spacial score (nSPS) is 33.1. The lowest BCUT2D eigenvalue weighted by molar-refractivity contribution is -0.151. The molecule has 8 aliphatic rings. The summed E-state index contributed by atoms with van der Waals surface area (Å²) in [6.45, 7) is 5.05. The number of carbonyl (C=O) groups excluding carboxylic acids is 7. The van der Waals surface area contributed by atoms with Gasteiger partial charge in [0.2, 0.25) is 51.4 Å². The van der Waals surface area contributed by atoms with E-state index in [1.807, 2.05) is 4.90 Å². The minimum absolute atomic E-state index is 0.00350. The van der Waals surface area contributed by atoms with Crippen LogP contribution in [0, 0.1) is 35.5 Å². The minimum atomic E-state index is -3.42. The first-order valence-corrected chi connectivity index (χ1v) is 28.0. The Morgan fingerprint density at radius 2 is 1.60 bits per heavy atom. The van der Waals surface area contributed by atoms with Crippen LogP contribution in [-0.2, 0) is 53.1 Å². The summed E-state index contributed by atoms with van der Waals surface area (Å²) in [7, 11) is -3.42. The number of carbonyl (C=O) groups is 7. The molecule has 67 heavy (non-hydrogen) atoms. The average molecular weight is 977 g/mol. The second-order valence-electron chi connectivity index (χ2n) is 20.4. The van der Waals surface area contributed by atoms with Crippen molar-refractivity contribution in [3.05, 3.63) is 0 Å². The third-order valence-corrected chi connectivity index (χ3v) is 18.3.